The van der Waals surface area contributed by atoms with E-state index < -0.39 is 13.9 Å². The molecule has 0 saturated heterocycles. The van der Waals surface area contributed by atoms with Crippen molar-refractivity contribution in [2.75, 3.05) is 54.1 Å². The first kappa shape index (κ1) is 61.7. The van der Waals surface area contributed by atoms with E-state index >= 15 is 0 Å². The van der Waals surface area contributed by atoms with Gasteiger partial charge in [-0.2, -0.15) is 0 Å². The van der Waals surface area contributed by atoms with Gasteiger partial charge in [0.1, 0.15) is 19.3 Å². The maximum atomic E-state index is 12.8. The summed E-state index contributed by atoms with van der Waals surface area (Å²) in [6, 6.07) is 0. The number of quaternary nitrogens is 1. The Balaban J connectivity index is 4.14. The van der Waals surface area contributed by atoms with Crippen LogP contribution in [0.15, 0.2) is 36.5 Å². The molecule has 0 aromatic heterocycles. The highest BCUT2D eigenvalue weighted by Gasteiger charge is 2.26. The van der Waals surface area contributed by atoms with Crippen LogP contribution < -0.4 is 0 Å². The number of nitrogens with zero attached hydrogens (tertiary/aromatic N) is 1. The van der Waals surface area contributed by atoms with Crippen molar-refractivity contribution in [1.82, 2.24) is 0 Å². The zero-order valence-electron chi connectivity index (χ0n) is 42.3. The fourth-order valence-electron chi connectivity index (χ4n) is 7.56. The smallest absolute Gasteiger partial charge is 0.457 e. The topological polar surface area (TPSA) is 91.3 Å². The molecule has 2 unspecified atom stereocenters. The second-order valence-corrected chi connectivity index (χ2v) is 20.7. The summed E-state index contributed by atoms with van der Waals surface area (Å²) in [6.45, 7) is 5.64. The fourth-order valence-corrected chi connectivity index (χ4v) is 8.30. The van der Waals surface area contributed by atoms with Gasteiger partial charge in [0.05, 0.1) is 34.4 Å². The van der Waals surface area contributed by atoms with Crippen LogP contribution in [0.3, 0.4) is 0 Å². The van der Waals surface area contributed by atoms with Gasteiger partial charge in [-0.15, -0.1) is 0 Å². The minimum Gasteiger partial charge on any atom is -0.457 e. The standard InChI is InChI=1S/C54H104NO7P/c1-6-8-10-12-14-16-18-20-22-24-26-28-29-31-33-35-37-39-41-43-45-47-54(56)62-53(52-61-63(57,58)60-50-48-55(3,4)5)51-59-49-46-44-42-40-38-36-34-32-30-27-25-23-21-19-17-15-13-11-9-7-2/h18,20,24,26,29,31,53H,6-17,19,21-23,25,27-28,30,32-52H2,1-5H3/p+1/b20-18-,26-24-,31-29-. The lowest BCUT2D eigenvalue weighted by Crippen LogP contribution is -2.37. The number of carbonyl (C=O) groups is 1. The van der Waals surface area contributed by atoms with Crippen LogP contribution in [-0.2, 0) is 27.9 Å². The number of likely N-dealkylation sites (N-methyl/N-ethyl adjacent to an activating group) is 1. The van der Waals surface area contributed by atoms with E-state index in [1.165, 1.54) is 167 Å². The Morgan fingerprint density at radius 3 is 1.30 bits per heavy atom. The van der Waals surface area contributed by atoms with E-state index in [-0.39, 0.29) is 25.8 Å². The molecule has 0 amide bonds. The van der Waals surface area contributed by atoms with Crippen LogP contribution in [0.1, 0.15) is 245 Å². The summed E-state index contributed by atoms with van der Waals surface area (Å²) in [4.78, 5) is 23.0. The highest BCUT2D eigenvalue weighted by molar-refractivity contribution is 7.47. The number of phosphoric acid groups is 1. The summed E-state index contributed by atoms with van der Waals surface area (Å²) in [5.74, 6) is -0.322. The zero-order chi connectivity index (χ0) is 46.2. The lowest BCUT2D eigenvalue weighted by atomic mass is 10.0. The van der Waals surface area contributed by atoms with Gasteiger partial charge < -0.3 is 18.9 Å². The Morgan fingerprint density at radius 2 is 0.873 bits per heavy atom. The number of esters is 1. The highest BCUT2D eigenvalue weighted by atomic mass is 31.2. The summed E-state index contributed by atoms with van der Waals surface area (Å²) in [6.07, 6.45) is 57.6. The molecule has 372 valence electrons. The Kier molecular flexibility index (Phi) is 46.3. The van der Waals surface area contributed by atoms with E-state index in [9.17, 15) is 14.3 Å². The molecule has 0 aliphatic rings. The summed E-state index contributed by atoms with van der Waals surface area (Å²) >= 11 is 0. The summed E-state index contributed by atoms with van der Waals surface area (Å²) < 4.78 is 35.2. The number of phosphoric ester groups is 1. The molecule has 9 heteroatoms. The van der Waals surface area contributed by atoms with Crippen LogP contribution in [-0.4, -0.2) is 75.6 Å². The van der Waals surface area contributed by atoms with Crippen LogP contribution in [0, 0.1) is 0 Å². The number of carbonyl (C=O) groups excluding carboxylic acids is 1. The third-order valence-electron chi connectivity index (χ3n) is 11.7. The van der Waals surface area contributed by atoms with E-state index in [2.05, 4.69) is 50.3 Å². The Morgan fingerprint density at radius 1 is 0.492 bits per heavy atom. The van der Waals surface area contributed by atoms with Crippen molar-refractivity contribution in [3.05, 3.63) is 36.5 Å². The van der Waals surface area contributed by atoms with Crippen molar-refractivity contribution in [3.8, 4) is 0 Å². The quantitative estimate of drug-likeness (QED) is 0.0214. The zero-order valence-corrected chi connectivity index (χ0v) is 43.2. The molecule has 1 N–H and O–H groups in total. The minimum absolute atomic E-state index is 0.0869. The lowest BCUT2D eigenvalue weighted by Gasteiger charge is -2.24. The molecule has 0 rings (SSSR count). The number of allylic oxidation sites excluding steroid dienone is 6. The monoisotopic (exact) mass is 911 g/mol. The number of hydrogen-bond acceptors (Lipinski definition) is 6. The van der Waals surface area contributed by atoms with Crippen LogP contribution in [0.2, 0.25) is 0 Å². The average molecular weight is 911 g/mol. The van der Waals surface area contributed by atoms with E-state index in [0.29, 0.717) is 24.1 Å². The molecular formula is C54H105NO7P+. The Labute approximate surface area is 391 Å². The molecular weight excluding hydrogens is 806 g/mol. The molecule has 0 radical (unpaired) electrons. The molecule has 0 aliphatic heterocycles. The van der Waals surface area contributed by atoms with E-state index in [1.54, 1.807) is 0 Å². The molecule has 0 bridgehead atoms. The fraction of sp³-hybridized carbons (Fsp3) is 0.870. The molecule has 0 aromatic carbocycles. The number of rotatable bonds is 50. The van der Waals surface area contributed by atoms with Crippen LogP contribution >= 0.6 is 7.82 Å². The van der Waals surface area contributed by atoms with Crippen LogP contribution in [0.5, 0.6) is 0 Å². The molecule has 8 nitrogen and oxygen atoms in total. The van der Waals surface area contributed by atoms with Crippen molar-refractivity contribution < 1.29 is 37.3 Å². The summed E-state index contributed by atoms with van der Waals surface area (Å²) in [5.41, 5.74) is 0. The SMILES string of the molecule is CCCCCCC/C=C\C/C=C\C/C=C\CCCCCCCCC(=O)OC(COCCCCCCCCCCCCCCCCCCCCCC)COP(=O)(O)OCC[N+](C)(C)C. The third-order valence-corrected chi connectivity index (χ3v) is 12.7. The first-order chi connectivity index (χ1) is 30.6. The van der Waals surface area contributed by atoms with Crippen LogP contribution in [0.4, 0.5) is 0 Å². The summed E-state index contributed by atoms with van der Waals surface area (Å²) in [5, 5.41) is 0. The predicted molar refractivity (Wildman–Crippen MR) is 270 cm³/mol. The number of hydrogen-bond donors (Lipinski definition) is 1. The molecule has 0 spiro atoms. The maximum absolute atomic E-state index is 12.8. The minimum atomic E-state index is -4.28. The second-order valence-electron chi connectivity index (χ2n) is 19.3. The van der Waals surface area contributed by atoms with E-state index in [4.69, 9.17) is 18.5 Å². The third kappa shape index (κ3) is 51.6. The maximum Gasteiger partial charge on any atom is 0.472 e. The summed E-state index contributed by atoms with van der Waals surface area (Å²) in [7, 11) is 1.67. The highest BCUT2D eigenvalue weighted by Crippen LogP contribution is 2.43. The van der Waals surface area contributed by atoms with Gasteiger partial charge in [-0.05, 0) is 51.4 Å². The van der Waals surface area contributed by atoms with Gasteiger partial charge in [-0.25, -0.2) is 4.57 Å². The van der Waals surface area contributed by atoms with Gasteiger partial charge >= 0.3 is 13.8 Å². The van der Waals surface area contributed by atoms with Crippen LogP contribution in [0.25, 0.3) is 0 Å². The van der Waals surface area contributed by atoms with Crippen molar-refractivity contribution in [2.24, 2.45) is 0 Å². The van der Waals surface area contributed by atoms with Crippen molar-refractivity contribution in [2.45, 2.75) is 251 Å². The molecule has 0 aromatic rings. The number of unbranched alkanes of at least 4 members (excludes halogenated alkanes) is 30. The van der Waals surface area contributed by atoms with E-state index in [1.807, 2.05) is 21.1 Å². The molecule has 0 aliphatic carbocycles. The lowest BCUT2D eigenvalue weighted by molar-refractivity contribution is -0.870. The normalized spacial score (nSPS) is 13.8. The largest absolute Gasteiger partial charge is 0.472 e. The predicted octanol–water partition coefficient (Wildman–Crippen LogP) is 16.5. The van der Waals surface area contributed by atoms with Gasteiger partial charge in [-0.3, -0.25) is 13.8 Å². The van der Waals surface area contributed by atoms with Gasteiger partial charge in [0.2, 0.25) is 0 Å². The molecule has 2 atom stereocenters. The van der Waals surface area contributed by atoms with Gasteiger partial charge in [0.25, 0.3) is 0 Å². The van der Waals surface area contributed by atoms with Crippen molar-refractivity contribution in [1.29, 1.82) is 0 Å². The van der Waals surface area contributed by atoms with Crippen molar-refractivity contribution in [3.63, 3.8) is 0 Å². The molecule has 0 fully saturated rings. The first-order valence-electron chi connectivity index (χ1n) is 26.7. The Bertz CT molecular complexity index is 1100. The van der Waals surface area contributed by atoms with Gasteiger partial charge in [-0.1, -0.05) is 224 Å². The molecule has 0 heterocycles. The van der Waals surface area contributed by atoms with Gasteiger partial charge in [0, 0.05) is 13.0 Å². The molecule has 0 saturated carbocycles. The van der Waals surface area contributed by atoms with Gasteiger partial charge in [0.15, 0.2) is 0 Å². The second kappa shape index (κ2) is 47.2. The Hall–Kier alpha value is -1.28. The molecule has 63 heavy (non-hydrogen) atoms. The average Bonchev–Trinajstić information content (AvgIpc) is 3.24. The van der Waals surface area contributed by atoms with Crippen molar-refractivity contribution >= 4 is 13.8 Å². The first-order valence-corrected chi connectivity index (χ1v) is 28.2. The number of ether oxygens (including phenoxy) is 2. The van der Waals surface area contributed by atoms with E-state index in [0.717, 1.165) is 57.8 Å².